The van der Waals surface area contributed by atoms with Crippen LogP contribution in [0.4, 0.5) is 0 Å². The molecule has 0 aliphatic heterocycles. The largest absolute Gasteiger partial charge is 0.396 e. The van der Waals surface area contributed by atoms with Gasteiger partial charge < -0.3 is 5.11 Å². The van der Waals surface area contributed by atoms with Crippen LogP contribution < -0.4 is 0 Å². The highest BCUT2D eigenvalue weighted by molar-refractivity contribution is 4.63. The lowest BCUT2D eigenvalue weighted by molar-refractivity contribution is 0.303. The Morgan fingerprint density at radius 1 is 2.20 bits per heavy atom. The Balaban J connectivity index is 2.66. The van der Waals surface area contributed by atoms with E-state index >= 15 is 0 Å². The molecule has 0 aliphatic carbocycles. The molecule has 1 N–H and O–H groups in total. The second kappa shape index (κ2) is 3.70. The highest BCUT2D eigenvalue weighted by atomic mass is 16.2. The summed E-state index contributed by atoms with van der Waals surface area (Å²) in [5, 5.41) is 8.06. The molecule has 0 radical (unpaired) electrons. The quantitative estimate of drug-likeness (QED) is 0.473. The maximum atomic E-state index is 8.06. The van der Waals surface area contributed by atoms with Crippen LogP contribution in [0.2, 0.25) is 0 Å². The lowest BCUT2D eigenvalue weighted by Gasteiger charge is -1.73. The fraction of sp³-hybridized carbons (Fsp3) is 0.500. The third-order valence-electron chi connectivity index (χ3n) is 0.296. The molecule has 5 heavy (non-hydrogen) atoms. The number of aliphatic hydroxyl groups is 1. The Morgan fingerprint density at radius 2 is 3.00 bits per heavy atom. The van der Waals surface area contributed by atoms with Gasteiger partial charge in [0.1, 0.15) is 0 Å². The monoisotopic (exact) mass is 73.1 g/mol. The van der Waals surface area contributed by atoms with Crippen LogP contribution in [0.15, 0.2) is 12.6 Å². The molecule has 0 aromatic rings. The van der Waals surface area contributed by atoms with Crippen LogP contribution in [0.1, 0.15) is 7.79 Å². The molecule has 0 rings (SSSR count). The van der Waals surface area contributed by atoms with Crippen molar-refractivity contribution in [3.63, 3.8) is 0 Å². The smallest absolute Gasteiger partial charge is 0.0534 e. The molecule has 1 nitrogen and oxygen atoms in total. The lowest BCUT2D eigenvalue weighted by Crippen LogP contribution is -1.71. The van der Waals surface area contributed by atoms with Gasteiger partial charge in [0, 0.05) is 6.61 Å². The molecule has 0 heterocycles. The van der Waals surface area contributed by atoms with Crippen molar-refractivity contribution in [3.8, 4) is 0 Å². The minimum atomic E-state index is 0.148. The van der Waals surface area contributed by atoms with E-state index < -0.39 is 0 Å². The van der Waals surface area contributed by atoms with Gasteiger partial charge in [0.05, 0.1) is 1.37 Å². The molecular formula is C4H8O. The lowest BCUT2D eigenvalue weighted by atomic mass is 10.5. The molecule has 0 aromatic heterocycles. The third kappa shape index (κ3) is 3.70. The van der Waals surface area contributed by atoms with Gasteiger partial charge in [-0.1, -0.05) is 6.08 Å². The molecule has 30 valence electrons. The Morgan fingerprint density at radius 3 is 3.20 bits per heavy atom. The summed E-state index contributed by atoms with van der Waals surface area (Å²) in [6, 6.07) is 0. The van der Waals surface area contributed by atoms with Gasteiger partial charge in [0.25, 0.3) is 0 Å². The zero-order valence-corrected chi connectivity index (χ0v) is 3.02. The number of rotatable bonds is 2. The summed E-state index contributed by atoms with van der Waals surface area (Å²) in [7, 11) is 0. The Hall–Kier alpha value is -0.300. The van der Waals surface area contributed by atoms with Crippen LogP contribution in [0.3, 0.4) is 0 Å². The predicted molar refractivity (Wildman–Crippen MR) is 21.9 cm³/mol. The van der Waals surface area contributed by atoms with E-state index in [1.807, 2.05) is 0 Å². The summed E-state index contributed by atoms with van der Waals surface area (Å²) < 4.78 is 6.41. The molecule has 0 saturated heterocycles. The van der Waals surface area contributed by atoms with Crippen molar-refractivity contribution in [1.29, 1.82) is 0 Å². The molecule has 0 atom stereocenters. The van der Waals surface area contributed by atoms with Crippen LogP contribution in [0.25, 0.3) is 0 Å². The van der Waals surface area contributed by atoms with Crippen molar-refractivity contribution in [1.82, 2.24) is 0 Å². The van der Waals surface area contributed by atoms with Gasteiger partial charge in [-0.25, -0.2) is 0 Å². The Kier molecular flexibility index (Phi) is 2.16. The summed E-state index contributed by atoms with van der Waals surface area (Å²) in [4.78, 5) is 0. The molecular weight excluding hydrogens is 64.0 g/mol. The molecule has 0 aliphatic rings. The first-order chi connectivity index (χ1) is 2.91. The van der Waals surface area contributed by atoms with Crippen molar-refractivity contribution in [2.24, 2.45) is 0 Å². The van der Waals surface area contributed by atoms with Crippen molar-refractivity contribution in [2.75, 3.05) is 6.61 Å². The van der Waals surface area contributed by atoms with Crippen LogP contribution in [0.5, 0.6) is 0 Å². The average Bonchev–Trinajstić information content (AvgIpc) is 1.61. The van der Waals surface area contributed by atoms with Gasteiger partial charge >= 0.3 is 0 Å². The van der Waals surface area contributed by atoms with Gasteiger partial charge in [-0.15, -0.1) is 6.55 Å². The first kappa shape index (κ1) is 2.91. The summed E-state index contributed by atoms with van der Waals surface area (Å²) in [5.74, 6) is 0. The van der Waals surface area contributed by atoms with E-state index in [0.29, 0.717) is 6.42 Å². The van der Waals surface area contributed by atoms with Crippen LogP contribution in [0, 0.1) is 0 Å². The Labute approximate surface area is 33.3 Å². The number of hydrogen-bond acceptors (Lipinski definition) is 1. The van der Waals surface area contributed by atoms with Crippen LogP contribution >= 0.6 is 0 Å². The summed E-state index contributed by atoms with van der Waals surface area (Å²) >= 11 is 0. The number of hydrogen-bond donors (Lipinski definition) is 1. The van der Waals surface area contributed by atoms with E-state index in [1.165, 1.54) is 6.55 Å². The summed E-state index contributed by atoms with van der Waals surface area (Å²) in [6.45, 7) is 1.33. The summed E-state index contributed by atoms with van der Waals surface area (Å²) in [5.41, 5.74) is 0. The average molecular weight is 73.1 g/mol. The fourth-order valence-corrected chi connectivity index (χ4v) is 0.0745. The van der Waals surface area contributed by atoms with Gasteiger partial charge in [0.15, 0.2) is 0 Å². The number of aliphatic hydroxyl groups excluding tert-OH is 1. The van der Waals surface area contributed by atoms with Gasteiger partial charge in [-0.05, 0) is 6.42 Å². The molecule has 0 spiro atoms. The van der Waals surface area contributed by atoms with E-state index in [1.54, 1.807) is 6.08 Å². The van der Waals surface area contributed by atoms with E-state index in [-0.39, 0.29) is 6.61 Å². The van der Waals surface area contributed by atoms with Gasteiger partial charge in [0.2, 0.25) is 0 Å². The SMILES string of the molecule is [2H]C=CCCO. The van der Waals surface area contributed by atoms with E-state index in [0.717, 1.165) is 0 Å². The molecule has 0 amide bonds. The highest BCUT2D eigenvalue weighted by Gasteiger charge is 1.62. The second-order valence-electron chi connectivity index (χ2n) is 0.748. The Bertz CT molecular complexity index is 42.8. The molecule has 1 heteroatoms. The minimum Gasteiger partial charge on any atom is -0.396 e. The van der Waals surface area contributed by atoms with Gasteiger partial charge in [-0.3, -0.25) is 0 Å². The molecule has 0 saturated carbocycles. The van der Waals surface area contributed by atoms with Crippen molar-refractivity contribution >= 4 is 0 Å². The van der Waals surface area contributed by atoms with Gasteiger partial charge in [-0.2, -0.15) is 0 Å². The third-order valence-corrected chi connectivity index (χ3v) is 0.296. The first-order valence-corrected chi connectivity index (χ1v) is 1.56. The van der Waals surface area contributed by atoms with Crippen LogP contribution in [-0.2, 0) is 0 Å². The zero-order chi connectivity index (χ0) is 4.83. The molecule has 0 fully saturated rings. The molecule has 0 unspecified atom stereocenters. The summed E-state index contributed by atoms with van der Waals surface area (Å²) in [6.07, 6.45) is 2.20. The predicted octanol–water partition coefficient (Wildman–Crippen LogP) is 0.555. The maximum absolute atomic E-state index is 8.06. The van der Waals surface area contributed by atoms with E-state index in [2.05, 4.69) is 0 Å². The van der Waals surface area contributed by atoms with Crippen LogP contribution in [-0.4, -0.2) is 11.7 Å². The standard InChI is InChI=1S/C4H8O/c1-2-3-4-5/h2,5H,1,3-4H2/i1D. The van der Waals surface area contributed by atoms with E-state index in [4.69, 9.17) is 6.48 Å². The second-order valence-corrected chi connectivity index (χ2v) is 0.748. The fourth-order valence-electron chi connectivity index (χ4n) is 0.0745. The van der Waals surface area contributed by atoms with Crippen molar-refractivity contribution < 1.29 is 6.48 Å². The molecule has 0 aromatic carbocycles. The topological polar surface area (TPSA) is 20.2 Å². The highest BCUT2D eigenvalue weighted by Crippen LogP contribution is 1.69. The molecule has 0 bridgehead atoms. The minimum absolute atomic E-state index is 0.148. The zero-order valence-electron chi connectivity index (χ0n) is 4.02. The maximum Gasteiger partial charge on any atom is 0.0534 e. The van der Waals surface area contributed by atoms with Crippen molar-refractivity contribution in [3.05, 3.63) is 12.6 Å². The normalized spacial score (nSPS) is 12.6. The van der Waals surface area contributed by atoms with Crippen molar-refractivity contribution in [2.45, 2.75) is 6.42 Å². The first-order valence-electron chi connectivity index (χ1n) is 2.14. The van der Waals surface area contributed by atoms with E-state index in [9.17, 15) is 0 Å².